The average Bonchev–Trinajstić information content (AvgIpc) is 2.56. The lowest BCUT2D eigenvalue weighted by molar-refractivity contribution is 0.0698. The van der Waals surface area contributed by atoms with Crippen molar-refractivity contribution >= 4 is 77.4 Å². The van der Waals surface area contributed by atoms with Gasteiger partial charge in [-0.05, 0) is 48.0 Å². The quantitative estimate of drug-likeness (QED) is 0.497. The van der Waals surface area contributed by atoms with Crippen LogP contribution >= 0.6 is 34.8 Å². The van der Waals surface area contributed by atoms with Crippen molar-refractivity contribution in [1.29, 1.82) is 0 Å². The third-order valence-corrected chi connectivity index (χ3v) is 4.85. The summed E-state index contributed by atoms with van der Waals surface area (Å²) in [6.45, 7) is 0. The molecule has 0 amide bonds. The molecule has 0 spiro atoms. The number of carbonyl (C=O) groups is 2. The van der Waals surface area contributed by atoms with Gasteiger partial charge in [-0.2, -0.15) is 0 Å². The van der Waals surface area contributed by atoms with Gasteiger partial charge in [-0.1, -0.05) is 23.2 Å². The number of hydrogen-bond acceptors (Lipinski definition) is 6. The Labute approximate surface area is 188 Å². The molecule has 0 unspecified atom stereocenters. The summed E-state index contributed by atoms with van der Waals surface area (Å²) in [6.07, 6.45) is 1.91. The van der Waals surface area contributed by atoms with E-state index in [0.717, 1.165) is 12.5 Å². The molecule has 0 bridgehead atoms. The molecule has 9 nitrogen and oxygen atoms in total. The number of halogens is 3. The van der Waals surface area contributed by atoms with Gasteiger partial charge in [0.15, 0.2) is 0 Å². The van der Waals surface area contributed by atoms with E-state index in [9.17, 15) is 26.4 Å². The molecule has 14 heteroatoms. The van der Waals surface area contributed by atoms with Crippen molar-refractivity contribution in [2.75, 3.05) is 22.0 Å². The molecule has 0 saturated heterocycles. The molecule has 30 heavy (non-hydrogen) atoms. The lowest BCUT2D eigenvalue weighted by atomic mass is 10.2. The maximum Gasteiger partial charge on any atom is 0.337 e. The summed E-state index contributed by atoms with van der Waals surface area (Å²) in [6, 6.07) is 8.01. The Bertz CT molecular complexity index is 1090. The summed E-state index contributed by atoms with van der Waals surface area (Å²) in [5, 5.41) is 8.55. The largest absolute Gasteiger partial charge is 0.478 e. The van der Waals surface area contributed by atoms with Crippen LogP contribution in [0.15, 0.2) is 36.4 Å². The highest BCUT2D eigenvalue weighted by Gasteiger charge is 2.14. The van der Waals surface area contributed by atoms with Crippen LogP contribution in [0.25, 0.3) is 0 Å². The minimum Gasteiger partial charge on any atom is -0.478 e. The van der Waals surface area contributed by atoms with Crippen molar-refractivity contribution in [3.05, 3.63) is 57.6 Å². The molecule has 0 aliphatic carbocycles. The molecule has 2 aromatic rings. The highest BCUT2D eigenvalue weighted by molar-refractivity contribution is 7.92. The van der Waals surface area contributed by atoms with E-state index in [1.165, 1.54) is 36.4 Å². The first-order chi connectivity index (χ1) is 13.6. The number of nitrogens with one attached hydrogen (secondary N) is 2. The van der Waals surface area contributed by atoms with Crippen LogP contribution in [0.3, 0.4) is 0 Å². The van der Waals surface area contributed by atoms with Crippen LogP contribution in [-0.4, -0.2) is 45.7 Å². The fourth-order valence-electron chi connectivity index (χ4n) is 1.95. The number of anilines is 2. The normalized spacial score (nSPS) is 11.1. The van der Waals surface area contributed by atoms with Crippen molar-refractivity contribution in [2.45, 2.75) is 0 Å². The van der Waals surface area contributed by atoms with Crippen molar-refractivity contribution in [2.24, 2.45) is 0 Å². The summed E-state index contributed by atoms with van der Waals surface area (Å²) in [5.74, 6) is -1.25. The number of sulfonamides is 2. The molecular weight excluding hydrogens is 503 g/mol. The van der Waals surface area contributed by atoms with Gasteiger partial charge in [0.05, 0.1) is 35.0 Å². The number of benzene rings is 2. The molecule has 164 valence electrons. The second-order valence-electron chi connectivity index (χ2n) is 5.71. The van der Waals surface area contributed by atoms with Crippen LogP contribution in [-0.2, 0) is 20.0 Å². The zero-order valence-corrected chi connectivity index (χ0v) is 19.2. The molecule has 2 rings (SSSR count). The minimum absolute atomic E-state index is 0.00519. The van der Waals surface area contributed by atoms with E-state index in [-0.39, 0.29) is 27.5 Å². The fraction of sp³-hybridized carbons (Fsp3) is 0.125. The van der Waals surface area contributed by atoms with E-state index < -0.39 is 31.3 Å². The Morgan fingerprint density at radius 1 is 0.800 bits per heavy atom. The van der Waals surface area contributed by atoms with Gasteiger partial charge in [0.2, 0.25) is 20.0 Å². The first-order valence-corrected chi connectivity index (χ1v) is 12.5. The van der Waals surface area contributed by atoms with Crippen molar-refractivity contribution in [1.82, 2.24) is 0 Å². The molecule has 0 aromatic heterocycles. The van der Waals surface area contributed by atoms with Gasteiger partial charge in [-0.15, -0.1) is 0 Å². The number of hydrogen-bond donors (Lipinski definition) is 3. The van der Waals surface area contributed by atoms with Crippen LogP contribution < -0.4 is 9.44 Å². The standard InChI is InChI=1S/C8H7Cl2NO3S.C8H8ClNO4S/c1-15(13,14)11-7-3-2-5(9)4-6(7)8(10)12;1-15(13,14)10-7-3-2-5(9)4-6(7)8(11)12/h2-4,11H,1H3;2-4,10H,1H3,(H,11,12). The summed E-state index contributed by atoms with van der Waals surface area (Å²) in [5.41, 5.74) is -0.0567. The lowest BCUT2D eigenvalue weighted by Crippen LogP contribution is -2.13. The van der Waals surface area contributed by atoms with Crippen LogP contribution in [0.5, 0.6) is 0 Å². The molecule has 3 N–H and O–H groups in total. The van der Waals surface area contributed by atoms with Gasteiger partial charge in [0.1, 0.15) is 0 Å². The molecule has 0 heterocycles. The second-order valence-corrected chi connectivity index (χ2v) is 10.4. The maximum atomic E-state index is 11.0. The smallest absolute Gasteiger partial charge is 0.337 e. The van der Waals surface area contributed by atoms with E-state index in [1.54, 1.807) is 0 Å². The summed E-state index contributed by atoms with van der Waals surface area (Å²) in [7, 11) is -6.95. The van der Waals surface area contributed by atoms with Gasteiger partial charge >= 0.3 is 5.97 Å². The molecule has 0 aliphatic heterocycles. The van der Waals surface area contributed by atoms with Gasteiger partial charge in [-0.3, -0.25) is 14.2 Å². The lowest BCUT2D eigenvalue weighted by Gasteiger charge is -2.07. The SMILES string of the molecule is CS(=O)(=O)Nc1ccc(Cl)cc1C(=O)Cl.CS(=O)(=O)Nc1ccc(Cl)cc1C(=O)O. The first-order valence-electron chi connectivity index (χ1n) is 7.57. The van der Waals surface area contributed by atoms with E-state index in [1.807, 2.05) is 0 Å². The van der Waals surface area contributed by atoms with Crippen LogP contribution in [0.1, 0.15) is 20.7 Å². The Hall–Kier alpha value is -2.05. The summed E-state index contributed by atoms with van der Waals surface area (Å²) in [4.78, 5) is 21.7. The van der Waals surface area contributed by atoms with Gasteiger partial charge < -0.3 is 5.11 Å². The number of rotatable bonds is 6. The Morgan fingerprint density at radius 2 is 1.17 bits per heavy atom. The highest BCUT2D eigenvalue weighted by atomic mass is 35.5. The zero-order valence-electron chi connectivity index (χ0n) is 15.3. The summed E-state index contributed by atoms with van der Waals surface area (Å²) < 4.78 is 48.0. The Morgan fingerprint density at radius 3 is 1.50 bits per heavy atom. The molecule has 0 fully saturated rings. The Kier molecular flexibility index (Phi) is 8.93. The highest BCUT2D eigenvalue weighted by Crippen LogP contribution is 2.23. The maximum absolute atomic E-state index is 11.0. The molecule has 0 radical (unpaired) electrons. The number of carbonyl (C=O) groups excluding carboxylic acids is 1. The molecule has 0 atom stereocenters. The zero-order chi connectivity index (χ0) is 23.3. The third kappa shape index (κ3) is 9.18. The molecule has 0 aliphatic rings. The van der Waals surface area contributed by atoms with Crippen molar-refractivity contribution < 1.29 is 31.5 Å². The molecule has 0 saturated carbocycles. The number of carboxylic acid groups (broad SMARTS) is 1. The first kappa shape index (κ1) is 26.0. The number of aromatic carboxylic acids is 1. The third-order valence-electron chi connectivity index (χ3n) is 3.00. The predicted molar refractivity (Wildman–Crippen MR) is 117 cm³/mol. The van der Waals surface area contributed by atoms with Crippen LogP contribution in [0, 0.1) is 0 Å². The molecule has 2 aromatic carbocycles. The van der Waals surface area contributed by atoms with Crippen LogP contribution in [0.2, 0.25) is 10.0 Å². The van der Waals surface area contributed by atoms with Crippen molar-refractivity contribution in [3.63, 3.8) is 0 Å². The number of carboxylic acids is 1. The van der Waals surface area contributed by atoms with E-state index in [0.29, 0.717) is 5.02 Å². The van der Waals surface area contributed by atoms with Crippen LogP contribution in [0.4, 0.5) is 11.4 Å². The summed E-state index contributed by atoms with van der Waals surface area (Å²) >= 11 is 16.5. The van der Waals surface area contributed by atoms with Gasteiger partial charge in [-0.25, -0.2) is 21.6 Å². The topological polar surface area (TPSA) is 147 Å². The average molecular weight is 518 g/mol. The van der Waals surface area contributed by atoms with E-state index >= 15 is 0 Å². The van der Waals surface area contributed by atoms with E-state index in [4.69, 9.17) is 39.9 Å². The fourth-order valence-corrected chi connectivity index (χ4v) is 3.61. The van der Waals surface area contributed by atoms with Gasteiger partial charge in [0, 0.05) is 10.0 Å². The Balaban J connectivity index is 0.000000300. The predicted octanol–water partition coefficient (Wildman–Crippen LogP) is 3.50. The monoisotopic (exact) mass is 516 g/mol. The van der Waals surface area contributed by atoms with Crippen molar-refractivity contribution in [3.8, 4) is 0 Å². The minimum atomic E-state index is -3.50. The second kappa shape index (κ2) is 10.3. The molecular formula is C16H15Cl3N2O7S2. The van der Waals surface area contributed by atoms with Gasteiger partial charge in [0.25, 0.3) is 5.24 Å². The van der Waals surface area contributed by atoms with E-state index in [2.05, 4.69) is 9.44 Å².